The zero-order valence-corrected chi connectivity index (χ0v) is 10.8. The molecule has 4 nitrogen and oxygen atoms in total. The van der Waals surface area contributed by atoms with Crippen LogP contribution in [-0.4, -0.2) is 26.2 Å². The first-order chi connectivity index (χ1) is 7.34. The molecule has 1 aromatic carbocycles. The van der Waals surface area contributed by atoms with Crippen LogP contribution in [0.25, 0.3) is 0 Å². The van der Waals surface area contributed by atoms with Gasteiger partial charge in [0.15, 0.2) is 0 Å². The third-order valence-corrected chi connectivity index (χ3v) is 4.18. The molecule has 0 saturated carbocycles. The summed E-state index contributed by atoms with van der Waals surface area (Å²) in [6, 6.07) is 3.88. The van der Waals surface area contributed by atoms with Crippen LogP contribution in [0.2, 0.25) is 0 Å². The highest BCUT2D eigenvalue weighted by molar-refractivity contribution is 9.10. The molecule has 0 aliphatic carbocycles. The van der Waals surface area contributed by atoms with Gasteiger partial charge in [-0.25, -0.2) is 17.5 Å². The van der Waals surface area contributed by atoms with E-state index in [1.807, 2.05) is 0 Å². The third-order valence-electron chi connectivity index (χ3n) is 1.76. The number of aliphatic hydroxyl groups excluding tert-OH is 1. The molecule has 0 amide bonds. The Morgan fingerprint density at radius 3 is 2.69 bits per heavy atom. The Morgan fingerprint density at radius 1 is 1.56 bits per heavy atom. The van der Waals surface area contributed by atoms with Crippen molar-refractivity contribution in [2.45, 2.75) is 17.9 Å². The molecule has 0 radical (unpaired) electrons. The van der Waals surface area contributed by atoms with E-state index in [1.165, 1.54) is 19.1 Å². The smallest absolute Gasteiger partial charge is 0.244 e. The van der Waals surface area contributed by atoms with Gasteiger partial charge in [0.25, 0.3) is 0 Å². The molecule has 1 atom stereocenters. The summed E-state index contributed by atoms with van der Waals surface area (Å²) in [7, 11) is -3.95. The molecule has 0 bridgehead atoms. The van der Waals surface area contributed by atoms with Crippen molar-refractivity contribution in [3.63, 3.8) is 0 Å². The molecule has 1 rings (SSSR count). The molecule has 0 aromatic heterocycles. The molecular formula is C9H11BrFNO3S. The highest BCUT2D eigenvalue weighted by Gasteiger charge is 2.22. The van der Waals surface area contributed by atoms with Gasteiger partial charge in [-0.1, -0.05) is 6.07 Å². The van der Waals surface area contributed by atoms with Gasteiger partial charge in [0.05, 0.1) is 6.10 Å². The van der Waals surface area contributed by atoms with E-state index in [4.69, 9.17) is 5.11 Å². The number of hydrogen-bond donors (Lipinski definition) is 2. The number of rotatable bonds is 4. The van der Waals surface area contributed by atoms with E-state index >= 15 is 0 Å². The van der Waals surface area contributed by atoms with E-state index in [-0.39, 0.29) is 11.0 Å². The molecule has 0 spiro atoms. The second kappa shape index (κ2) is 5.22. The minimum absolute atomic E-state index is 0.144. The van der Waals surface area contributed by atoms with E-state index < -0.39 is 26.8 Å². The lowest BCUT2D eigenvalue weighted by atomic mass is 10.3. The number of sulfonamides is 1. The largest absolute Gasteiger partial charge is 0.392 e. The summed E-state index contributed by atoms with van der Waals surface area (Å²) in [6.45, 7) is 1.27. The summed E-state index contributed by atoms with van der Waals surface area (Å²) in [6.07, 6.45) is -0.833. The van der Waals surface area contributed by atoms with Crippen molar-refractivity contribution in [3.05, 3.63) is 28.5 Å². The van der Waals surface area contributed by atoms with Gasteiger partial charge < -0.3 is 5.11 Å². The van der Waals surface area contributed by atoms with E-state index in [0.717, 1.165) is 6.07 Å². The lowest BCUT2D eigenvalue weighted by molar-refractivity contribution is 0.198. The molecule has 0 aliphatic heterocycles. The highest BCUT2D eigenvalue weighted by Crippen LogP contribution is 2.24. The van der Waals surface area contributed by atoms with Gasteiger partial charge in [-0.05, 0) is 35.0 Å². The number of hydrogen-bond acceptors (Lipinski definition) is 3. The highest BCUT2D eigenvalue weighted by atomic mass is 79.9. The van der Waals surface area contributed by atoms with Crippen molar-refractivity contribution >= 4 is 26.0 Å². The molecule has 1 aromatic rings. The first-order valence-electron chi connectivity index (χ1n) is 4.46. The van der Waals surface area contributed by atoms with Gasteiger partial charge in [-0.15, -0.1) is 0 Å². The fraction of sp³-hybridized carbons (Fsp3) is 0.333. The third kappa shape index (κ3) is 3.24. The maximum Gasteiger partial charge on any atom is 0.244 e. The first kappa shape index (κ1) is 13.6. The quantitative estimate of drug-likeness (QED) is 0.879. The summed E-state index contributed by atoms with van der Waals surface area (Å²) in [5.41, 5.74) is 0. The van der Waals surface area contributed by atoms with Crippen LogP contribution in [0.3, 0.4) is 0 Å². The molecule has 0 fully saturated rings. The Balaban J connectivity index is 3.08. The summed E-state index contributed by atoms with van der Waals surface area (Å²) in [5.74, 6) is -0.840. The number of aliphatic hydroxyl groups is 1. The predicted octanol–water partition coefficient (Wildman–Crippen LogP) is 1.25. The van der Waals surface area contributed by atoms with Crippen LogP contribution < -0.4 is 4.72 Å². The Labute approximate surface area is 102 Å². The van der Waals surface area contributed by atoms with Crippen molar-refractivity contribution in [1.82, 2.24) is 4.72 Å². The van der Waals surface area contributed by atoms with Gasteiger partial charge >= 0.3 is 0 Å². The maximum atomic E-state index is 13.4. The van der Waals surface area contributed by atoms with Crippen molar-refractivity contribution in [2.75, 3.05) is 6.54 Å². The molecule has 90 valence electrons. The fourth-order valence-electron chi connectivity index (χ4n) is 1.04. The SMILES string of the molecule is CC(O)CNS(=O)(=O)c1c(F)cccc1Br. The second-order valence-electron chi connectivity index (χ2n) is 3.25. The lowest BCUT2D eigenvalue weighted by Gasteiger charge is -2.10. The summed E-state index contributed by atoms with van der Waals surface area (Å²) in [5, 5.41) is 8.97. The van der Waals surface area contributed by atoms with Crippen molar-refractivity contribution in [2.24, 2.45) is 0 Å². The molecule has 7 heteroatoms. The Hall–Kier alpha value is -0.500. The zero-order valence-electron chi connectivity index (χ0n) is 8.44. The van der Waals surface area contributed by atoms with Gasteiger partial charge in [0, 0.05) is 11.0 Å². The maximum absolute atomic E-state index is 13.4. The topological polar surface area (TPSA) is 66.4 Å². The van der Waals surface area contributed by atoms with Gasteiger partial charge in [0.2, 0.25) is 10.0 Å². The molecule has 0 heterocycles. The predicted molar refractivity (Wildman–Crippen MR) is 61.0 cm³/mol. The minimum Gasteiger partial charge on any atom is -0.392 e. The van der Waals surface area contributed by atoms with Crippen molar-refractivity contribution < 1.29 is 17.9 Å². The van der Waals surface area contributed by atoms with Gasteiger partial charge in [-0.2, -0.15) is 0 Å². The molecule has 2 N–H and O–H groups in total. The molecule has 1 unspecified atom stereocenters. The standard InChI is InChI=1S/C9H11BrFNO3S/c1-6(13)5-12-16(14,15)9-7(10)3-2-4-8(9)11/h2-4,6,12-13H,5H2,1H3. The minimum atomic E-state index is -3.95. The Kier molecular flexibility index (Phi) is 4.43. The van der Waals surface area contributed by atoms with Crippen LogP contribution in [0.5, 0.6) is 0 Å². The van der Waals surface area contributed by atoms with Crippen LogP contribution in [0.1, 0.15) is 6.92 Å². The molecular weight excluding hydrogens is 301 g/mol. The Bertz CT molecular complexity index is 455. The van der Waals surface area contributed by atoms with Gasteiger partial charge in [-0.3, -0.25) is 0 Å². The lowest BCUT2D eigenvalue weighted by Crippen LogP contribution is -2.31. The molecule has 0 saturated heterocycles. The number of benzene rings is 1. The Morgan fingerprint density at radius 2 is 2.19 bits per heavy atom. The van der Waals surface area contributed by atoms with Crippen molar-refractivity contribution in [1.29, 1.82) is 0 Å². The summed E-state index contributed by atoms with van der Waals surface area (Å²) in [4.78, 5) is -0.448. The van der Waals surface area contributed by atoms with Crippen LogP contribution in [0.15, 0.2) is 27.6 Å². The normalized spacial score (nSPS) is 13.8. The average molecular weight is 312 g/mol. The number of halogens is 2. The summed E-state index contributed by atoms with van der Waals surface area (Å²) >= 11 is 2.97. The van der Waals surface area contributed by atoms with E-state index in [9.17, 15) is 12.8 Å². The van der Waals surface area contributed by atoms with Crippen LogP contribution in [0.4, 0.5) is 4.39 Å². The van der Waals surface area contributed by atoms with Crippen LogP contribution in [0, 0.1) is 5.82 Å². The zero-order chi connectivity index (χ0) is 12.3. The average Bonchev–Trinajstić information content (AvgIpc) is 2.14. The van der Waals surface area contributed by atoms with Crippen LogP contribution in [-0.2, 0) is 10.0 Å². The van der Waals surface area contributed by atoms with E-state index in [2.05, 4.69) is 20.7 Å². The van der Waals surface area contributed by atoms with E-state index in [0.29, 0.717) is 0 Å². The fourth-order valence-corrected chi connectivity index (χ4v) is 3.28. The van der Waals surface area contributed by atoms with Gasteiger partial charge in [0.1, 0.15) is 10.7 Å². The second-order valence-corrected chi connectivity index (χ2v) is 5.81. The van der Waals surface area contributed by atoms with Crippen LogP contribution >= 0.6 is 15.9 Å². The first-order valence-corrected chi connectivity index (χ1v) is 6.74. The van der Waals surface area contributed by atoms with E-state index in [1.54, 1.807) is 0 Å². The molecule has 16 heavy (non-hydrogen) atoms. The van der Waals surface area contributed by atoms with Crippen molar-refractivity contribution in [3.8, 4) is 0 Å². The number of nitrogens with one attached hydrogen (secondary N) is 1. The summed E-state index contributed by atoms with van der Waals surface area (Å²) < 4.78 is 39.0. The monoisotopic (exact) mass is 311 g/mol. The molecule has 0 aliphatic rings.